The minimum Gasteiger partial charge on any atom is -0.255 e. The standard InChI is InChI=1S/C19H10F4N2/c20-15-5-1-3-13(17(15)22)12-9-11(7-8-24)19(25-10-12)14-4-2-6-16(21)18(14)23/h1-6,9-10H,7H2. The number of pyridine rings is 1. The van der Waals surface area contributed by atoms with Crippen LogP contribution in [0.3, 0.4) is 0 Å². The Hall–Kier alpha value is -3.20. The van der Waals surface area contributed by atoms with Gasteiger partial charge in [-0.05, 0) is 29.8 Å². The summed E-state index contributed by atoms with van der Waals surface area (Å²) in [6, 6.07) is 10.7. The second-order valence-electron chi connectivity index (χ2n) is 5.27. The molecule has 0 saturated carbocycles. The van der Waals surface area contributed by atoms with E-state index in [1.165, 1.54) is 36.5 Å². The predicted octanol–water partition coefficient (Wildman–Crippen LogP) is 5.04. The van der Waals surface area contributed by atoms with Gasteiger partial charge < -0.3 is 0 Å². The number of rotatable bonds is 3. The smallest absolute Gasteiger partial charge is 0.168 e. The van der Waals surface area contributed by atoms with Crippen molar-refractivity contribution < 1.29 is 17.6 Å². The largest absolute Gasteiger partial charge is 0.255 e. The zero-order chi connectivity index (χ0) is 18.0. The summed E-state index contributed by atoms with van der Waals surface area (Å²) in [6.45, 7) is 0. The van der Waals surface area contributed by atoms with Crippen LogP contribution in [0.4, 0.5) is 17.6 Å². The fourth-order valence-corrected chi connectivity index (χ4v) is 2.53. The number of hydrogen-bond donors (Lipinski definition) is 0. The highest BCUT2D eigenvalue weighted by Crippen LogP contribution is 2.31. The Balaban J connectivity index is 2.19. The third kappa shape index (κ3) is 3.09. The molecule has 124 valence electrons. The second-order valence-corrected chi connectivity index (χ2v) is 5.27. The van der Waals surface area contributed by atoms with Crippen molar-refractivity contribution in [1.82, 2.24) is 4.98 Å². The lowest BCUT2D eigenvalue weighted by atomic mass is 9.98. The number of aromatic nitrogens is 1. The lowest BCUT2D eigenvalue weighted by molar-refractivity contribution is 0.510. The molecule has 0 spiro atoms. The van der Waals surface area contributed by atoms with Gasteiger partial charge in [0, 0.05) is 22.9 Å². The summed E-state index contributed by atoms with van der Waals surface area (Å²) >= 11 is 0. The van der Waals surface area contributed by atoms with E-state index in [1.807, 2.05) is 6.07 Å². The van der Waals surface area contributed by atoms with Gasteiger partial charge in [0.05, 0.1) is 18.2 Å². The van der Waals surface area contributed by atoms with Crippen molar-refractivity contribution in [2.75, 3.05) is 0 Å². The zero-order valence-corrected chi connectivity index (χ0v) is 12.7. The molecule has 0 fully saturated rings. The Bertz CT molecular complexity index is 993. The van der Waals surface area contributed by atoms with Gasteiger partial charge in [-0.3, -0.25) is 4.98 Å². The normalized spacial score (nSPS) is 10.5. The van der Waals surface area contributed by atoms with Gasteiger partial charge in [0.15, 0.2) is 23.3 Å². The maximum absolute atomic E-state index is 14.0. The van der Waals surface area contributed by atoms with Crippen molar-refractivity contribution >= 4 is 0 Å². The average molecular weight is 342 g/mol. The molecule has 1 heterocycles. The van der Waals surface area contributed by atoms with E-state index in [2.05, 4.69) is 4.98 Å². The van der Waals surface area contributed by atoms with E-state index in [1.54, 1.807) is 0 Å². The molecule has 0 aliphatic carbocycles. The van der Waals surface area contributed by atoms with E-state index in [-0.39, 0.29) is 34.4 Å². The molecular formula is C19H10F4N2. The molecular weight excluding hydrogens is 332 g/mol. The van der Waals surface area contributed by atoms with Crippen LogP contribution in [-0.4, -0.2) is 4.98 Å². The fourth-order valence-electron chi connectivity index (χ4n) is 2.53. The summed E-state index contributed by atoms with van der Waals surface area (Å²) in [5.41, 5.74) is 0.476. The Morgan fingerprint density at radius 2 is 1.48 bits per heavy atom. The number of nitrogens with zero attached hydrogens (tertiary/aromatic N) is 2. The van der Waals surface area contributed by atoms with E-state index in [0.29, 0.717) is 0 Å². The van der Waals surface area contributed by atoms with Crippen LogP contribution in [0.5, 0.6) is 0 Å². The Morgan fingerprint density at radius 3 is 2.12 bits per heavy atom. The van der Waals surface area contributed by atoms with Gasteiger partial charge in [-0.1, -0.05) is 18.2 Å². The number of halogens is 4. The molecule has 2 nitrogen and oxygen atoms in total. The summed E-state index contributed by atoms with van der Waals surface area (Å²) in [4.78, 5) is 4.07. The topological polar surface area (TPSA) is 36.7 Å². The molecule has 0 aliphatic rings. The molecule has 0 N–H and O–H groups in total. The van der Waals surface area contributed by atoms with Gasteiger partial charge in [-0.25, -0.2) is 17.6 Å². The molecule has 3 aromatic rings. The van der Waals surface area contributed by atoms with Crippen LogP contribution < -0.4 is 0 Å². The van der Waals surface area contributed by atoms with Crippen LogP contribution >= 0.6 is 0 Å². The van der Waals surface area contributed by atoms with E-state index in [4.69, 9.17) is 5.26 Å². The van der Waals surface area contributed by atoms with Gasteiger partial charge in [-0.15, -0.1) is 0 Å². The van der Waals surface area contributed by atoms with E-state index >= 15 is 0 Å². The molecule has 0 aliphatic heterocycles. The van der Waals surface area contributed by atoms with Crippen LogP contribution in [0.25, 0.3) is 22.4 Å². The average Bonchev–Trinajstić information content (AvgIpc) is 2.60. The fraction of sp³-hybridized carbons (Fsp3) is 0.0526. The molecule has 25 heavy (non-hydrogen) atoms. The summed E-state index contributed by atoms with van der Waals surface area (Å²) in [5.74, 6) is -4.18. The first-order chi connectivity index (χ1) is 12.0. The summed E-state index contributed by atoms with van der Waals surface area (Å²) < 4.78 is 54.9. The van der Waals surface area contributed by atoms with Crippen molar-refractivity contribution in [3.05, 3.63) is 77.5 Å². The maximum atomic E-state index is 14.0. The predicted molar refractivity (Wildman–Crippen MR) is 84.3 cm³/mol. The van der Waals surface area contributed by atoms with Gasteiger partial charge in [-0.2, -0.15) is 5.26 Å². The highest BCUT2D eigenvalue weighted by atomic mass is 19.2. The van der Waals surface area contributed by atoms with Crippen LogP contribution in [-0.2, 0) is 6.42 Å². The van der Waals surface area contributed by atoms with Crippen molar-refractivity contribution in [2.45, 2.75) is 6.42 Å². The summed E-state index contributed by atoms with van der Waals surface area (Å²) in [7, 11) is 0. The van der Waals surface area contributed by atoms with Crippen molar-refractivity contribution in [1.29, 1.82) is 5.26 Å². The minimum atomic E-state index is -1.08. The first kappa shape index (κ1) is 16.7. The molecule has 0 unspecified atom stereocenters. The Kier molecular flexibility index (Phi) is 4.48. The van der Waals surface area contributed by atoms with Crippen molar-refractivity contribution in [2.24, 2.45) is 0 Å². The SMILES string of the molecule is N#CCc1cc(-c2cccc(F)c2F)cnc1-c1cccc(F)c1F. The molecule has 6 heteroatoms. The van der Waals surface area contributed by atoms with Gasteiger partial charge in [0.1, 0.15) is 0 Å². The quantitative estimate of drug-likeness (QED) is 0.626. The maximum Gasteiger partial charge on any atom is 0.168 e. The molecule has 0 saturated heterocycles. The second kappa shape index (κ2) is 6.73. The van der Waals surface area contributed by atoms with Crippen LogP contribution in [0.2, 0.25) is 0 Å². The summed E-state index contributed by atoms with van der Waals surface area (Å²) in [6.07, 6.45) is 1.08. The van der Waals surface area contributed by atoms with Crippen molar-refractivity contribution in [3.8, 4) is 28.5 Å². The number of nitriles is 1. The van der Waals surface area contributed by atoms with Crippen LogP contribution in [0, 0.1) is 34.6 Å². The Labute approximate surface area is 141 Å². The third-order valence-electron chi connectivity index (χ3n) is 3.71. The van der Waals surface area contributed by atoms with Gasteiger partial charge in [0.2, 0.25) is 0 Å². The third-order valence-corrected chi connectivity index (χ3v) is 3.71. The molecule has 2 aromatic carbocycles. The van der Waals surface area contributed by atoms with E-state index < -0.39 is 23.3 Å². The van der Waals surface area contributed by atoms with Gasteiger partial charge >= 0.3 is 0 Å². The summed E-state index contributed by atoms with van der Waals surface area (Å²) in [5, 5.41) is 9.00. The lowest BCUT2D eigenvalue weighted by Crippen LogP contribution is -1.99. The van der Waals surface area contributed by atoms with Gasteiger partial charge in [0.25, 0.3) is 0 Å². The molecule has 1 aromatic heterocycles. The van der Waals surface area contributed by atoms with E-state index in [9.17, 15) is 17.6 Å². The Morgan fingerprint density at radius 1 is 0.880 bits per heavy atom. The first-order valence-electron chi connectivity index (χ1n) is 7.27. The zero-order valence-electron chi connectivity index (χ0n) is 12.7. The van der Waals surface area contributed by atoms with Crippen molar-refractivity contribution in [3.63, 3.8) is 0 Å². The van der Waals surface area contributed by atoms with E-state index in [0.717, 1.165) is 12.1 Å². The van der Waals surface area contributed by atoms with Crippen LogP contribution in [0.15, 0.2) is 48.7 Å². The highest BCUT2D eigenvalue weighted by molar-refractivity contribution is 5.71. The lowest BCUT2D eigenvalue weighted by Gasteiger charge is -2.11. The molecule has 0 radical (unpaired) electrons. The number of hydrogen-bond acceptors (Lipinski definition) is 2. The van der Waals surface area contributed by atoms with Crippen LogP contribution in [0.1, 0.15) is 5.56 Å². The molecule has 0 amide bonds. The number of benzene rings is 2. The molecule has 0 bridgehead atoms. The minimum absolute atomic E-state index is 0.0297. The monoisotopic (exact) mass is 342 g/mol. The molecule has 0 atom stereocenters. The first-order valence-corrected chi connectivity index (χ1v) is 7.27. The molecule has 3 rings (SSSR count). The highest BCUT2D eigenvalue weighted by Gasteiger charge is 2.17.